The Bertz CT molecular complexity index is 203. The molecule has 0 aliphatic rings. The molecular weight excluding hydrogens is 187 g/mol. The lowest BCUT2D eigenvalue weighted by molar-refractivity contribution is -0.136. The Balaban J connectivity index is 4.57. The quantitative estimate of drug-likeness (QED) is 0.679. The van der Waals surface area contributed by atoms with E-state index in [4.69, 9.17) is 5.11 Å². The summed E-state index contributed by atoms with van der Waals surface area (Å²) in [6, 6.07) is 0. The van der Waals surface area contributed by atoms with Gasteiger partial charge in [0.1, 0.15) is 12.8 Å². The van der Waals surface area contributed by atoms with Gasteiger partial charge < -0.3 is 9.67 Å². The normalized spacial score (nSPS) is 14.1. The summed E-state index contributed by atoms with van der Waals surface area (Å²) in [6.07, 6.45) is 2.73. The van der Waals surface area contributed by atoms with Crippen LogP contribution in [0.1, 0.15) is 33.6 Å². The zero-order valence-corrected chi connectivity index (χ0v) is 9.51. The average Bonchev–Trinajstić information content (AvgIpc) is 2.03. The first kappa shape index (κ1) is 12.7. The summed E-state index contributed by atoms with van der Waals surface area (Å²) >= 11 is 0. The van der Waals surface area contributed by atoms with Crippen molar-refractivity contribution >= 4 is 13.1 Å². The monoisotopic (exact) mass is 206 g/mol. The molecule has 0 saturated heterocycles. The molecule has 0 bridgehead atoms. The van der Waals surface area contributed by atoms with Gasteiger partial charge in [-0.05, 0) is 19.8 Å². The Morgan fingerprint density at radius 1 is 1.31 bits per heavy atom. The fourth-order valence-corrected chi connectivity index (χ4v) is 4.37. The molecule has 1 atom stereocenters. The molecule has 0 fully saturated rings. The molecule has 0 aromatic heterocycles. The van der Waals surface area contributed by atoms with Crippen molar-refractivity contribution in [1.29, 1.82) is 0 Å². The van der Waals surface area contributed by atoms with Crippen LogP contribution in [0.5, 0.6) is 0 Å². The minimum absolute atomic E-state index is 0.564. The molecule has 0 radical (unpaired) electrons. The van der Waals surface area contributed by atoms with Gasteiger partial charge in [-0.15, -0.1) is 0 Å². The van der Waals surface area contributed by atoms with E-state index in [0.29, 0.717) is 12.3 Å². The second kappa shape index (κ2) is 5.43. The zero-order valence-electron chi connectivity index (χ0n) is 8.62. The van der Waals surface area contributed by atoms with Gasteiger partial charge in [0.25, 0.3) is 0 Å². The minimum Gasteiger partial charge on any atom is -0.481 e. The van der Waals surface area contributed by atoms with Gasteiger partial charge in [0.05, 0.1) is 0 Å². The van der Waals surface area contributed by atoms with Crippen LogP contribution < -0.4 is 0 Å². The van der Waals surface area contributed by atoms with Gasteiger partial charge in [-0.2, -0.15) is 0 Å². The van der Waals surface area contributed by atoms with Gasteiger partial charge in [0.15, 0.2) is 0 Å². The van der Waals surface area contributed by atoms with Gasteiger partial charge in [-0.3, -0.25) is 4.79 Å². The van der Waals surface area contributed by atoms with Gasteiger partial charge in [-0.25, -0.2) is 0 Å². The van der Waals surface area contributed by atoms with Crippen molar-refractivity contribution < 1.29 is 14.5 Å². The number of carboxylic acid groups (broad SMARTS) is 1. The standard InChI is InChI=1S/C9H19O3P/c1-4-6-13(12,7-5-2)8(3)9(10)11/h8H,4-7H2,1-3H3,(H,10,11). The zero-order chi connectivity index (χ0) is 10.5. The van der Waals surface area contributed by atoms with Crippen LogP contribution in [0.3, 0.4) is 0 Å². The van der Waals surface area contributed by atoms with E-state index in [1.54, 1.807) is 6.92 Å². The highest BCUT2D eigenvalue weighted by Crippen LogP contribution is 2.51. The lowest BCUT2D eigenvalue weighted by Crippen LogP contribution is -2.19. The van der Waals surface area contributed by atoms with Gasteiger partial charge >= 0.3 is 5.97 Å². The topological polar surface area (TPSA) is 54.4 Å². The third kappa shape index (κ3) is 3.51. The highest BCUT2D eigenvalue weighted by atomic mass is 31.2. The summed E-state index contributed by atoms with van der Waals surface area (Å²) in [5, 5.41) is 8.80. The van der Waals surface area contributed by atoms with E-state index in [9.17, 15) is 9.36 Å². The van der Waals surface area contributed by atoms with Crippen LogP contribution in [0, 0.1) is 0 Å². The van der Waals surface area contributed by atoms with Crippen molar-refractivity contribution in [3.8, 4) is 0 Å². The first-order valence-corrected chi connectivity index (χ1v) is 6.93. The smallest absolute Gasteiger partial charge is 0.313 e. The van der Waals surface area contributed by atoms with Crippen LogP contribution in [0.2, 0.25) is 0 Å². The molecule has 0 heterocycles. The van der Waals surface area contributed by atoms with Crippen molar-refractivity contribution in [3.05, 3.63) is 0 Å². The summed E-state index contributed by atoms with van der Waals surface area (Å²) in [5.41, 5.74) is -0.674. The molecule has 0 rings (SSSR count). The second-order valence-electron chi connectivity index (χ2n) is 3.41. The maximum Gasteiger partial charge on any atom is 0.313 e. The highest BCUT2D eigenvalue weighted by molar-refractivity contribution is 7.65. The van der Waals surface area contributed by atoms with Crippen LogP contribution >= 0.6 is 7.14 Å². The summed E-state index contributed by atoms with van der Waals surface area (Å²) in [4.78, 5) is 10.7. The van der Waals surface area contributed by atoms with Crippen LogP contribution in [0.15, 0.2) is 0 Å². The van der Waals surface area contributed by atoms with E-state index in [1.807, 2.05) is 13.8 Å². The number of hydrogen-bond acceptors (Lipinski definition) is 2. The molecule has 0 saturated carbocycles. The molecule has 78 valence electrons. The lowest BCUT2D eigenvalue weighted by Gasteiger charge is -2.20. The Hall–Kier alpha value is -0.300. The number of carbonyl (C=O) groups is 1. The molecule has 1 N–H and O–H groups in total. The van der Waals surface area contributed by atoms with Crippen molar-refractivity contribution in [3.63, 3.8) is 0 Å². The molecule has 0 aromatic rings. The molecule has 1 unspecified atom stereocenters. The van der Waals surface area contributed by atoms with E-state index in [2.05, 4.69) is 0 Å². The van der Waals surface area contributed by atoms with E-state index in [0.717, 1.165) is 12.8 Å². The molecule has 4 heteroatoms. The van der Waals surface area contributed by atoms with Gasteiger partial charge in [0, 0.05) is 12.3 Å². The summed E-state index contributed by atoms with van der Waals surface area (Å²) in [5.74, 6) is -0.926. The number of carboxylic acids is 1. The van der Waals surface area contributed by atoms with Crippen LogP contribution in [0.4, 0.5) is 0 Å². The van der Waals surface area contributed by atoms with Crippen LogP contribution in [-0.4, -0.2) is 29.1 Å². The van der Waals surface area contributed by atoms with E-state index in [-0.39, 0.29) is 0 Å². The fourth-order valence-electron chi connectivity index (χ4n) is 1.46. The van der Waals surface area contributed by atoms with Crippen molar-refractivity contribution in [2.45, 2.75) is 39.3 Å². The molecule has 0 spiro atoms. The van der Waals surface area contributed by atoms with E-state index >= 15 is 0 Å². The van der Waals surface area contributed by atoms with Crippen molar-refractivity contribution in [1.82, 2.24) is 0 Å². The SMILES string of the molecule is CCCP(=O)(CCC)C(C)C(=O)O. The summed E-state index contributed by atoms with van der Waals surface area (Å²) in [7, 11) is -2.47. The van der Waals surface area contributed by atoms with Crippen molar-refractivity contribution in [2.75, 3.05) is 12.3 Å². The molecule has 0 aliphatic heterocycles. The molecule has 0 amide bonds. The summed E-state index contributed by atoms with van der Waals surface area (Å²) < 4.78 is 12.2. The summed E-state index contributed by atoms with van der Waals surface area (Å²) in [6.45, 7) is 5.45. The molecular formula is C9H19O3P. The minimum atomic E-state index is -2.47. The van der Waals surface area contributed by atoms with Crippen molar-refractivity contribution in [2.24, 2.45) is 0 Å². The van der Waals surface area contributed by atoms with E-state index < -0.39 is 18.8 Å². The Kier molecular flexibility index (Phi) is 5.31. The fraction of sp³-hybridized carbons (Fsp3) is 0.889. The highest BCUT2D eigenvalue weighted by Gasteiger charge is 2.32. The maximum atomic E-state index is 12.2. The second-order valence-corrected chi connectivity index (χ2v) is 6.99. The Morgan fingerprint density at radius 2 is 1.69 bits per heavy atom. The first-order chi connectivity index (χ1) is 5.98. The van der Waals surface area contributed by atoms with Crippen LogP contribution in [0.25, 0.3) is 0 Å². The molecule has 0 aliphatic carbocycles. The molecule has 0 aromatic carbocycles. The predicted molar refractivity (Wildman–Crippen MR) is 55.0 cm³/mol. The largest absolute Gasteiger partial charge is 0.481 e. The predicted octanol–water partition coefficient (Wildman–Crippen LogP) is 2.64. The molecule has 3 nitrogen and oxygen atoms in total. The van der Waals surface area contributed by atoms with E-state index in [1.165, 1.54) is 0 Å². The van der Waals surface area contributed by atoms with Gasteiger partial charge in [-0.1, -0.05) is 13.8 Å². The number of aliphatic carboxylic acids is 1. The maximum absolute atomic E-state index is 12.2. The number of hydrogen-bond donors (Lipinski definition) is 1. The number of rotatable bonds is 6. The Labute approximate surface area is 79.9 Å². The lowest BCUT2D eigenvalue weighted by atomic mass is 10.5. The Morgan fingerprint density at radius 3 is 1.92 bits per heavy atom. The van der Waals surface area contributed by atoms with Crippen LogP contribution in [-0.2, 0) is 9.36 Å². The third-order valence-electron chi connectivity index (χ3n) is 2.27. The van der Waals surface area contributed by atoms with Gasteiger partial charge in [0.2, 0.25) is 0 Å². The first-order valence-electron chi connectivity index (χ1n) is 4.78. The average molecular weight is 206 g/mol. The third-order valence-corrected chi connectivity index (χ3v) is 6.31. The molecule has 13 heavy (non-hydrogen) atoms.